The number of nitrogens with one attached hydrogen (secondary N) is 2. The van der Waals surface area contributed by atoms with Gasteiger partial charge in [0.25, 0.3) is 0 Å². The van der Waals surface area contributed by atoms with Gasteiger partial charge in [0.05, 0.1) is 25.0 Å². The molecule has 49 heavy (non-hydrogen) atoms. The minimum absolute atomic E-state index is 0.0533. The first kappa shape index (κ1) is 33.8. The van der Waals surface area contributed by atoms with Crippen molar-refractivity contribution in [3.63, 3.8) is 0 Å². The lowest BCUT2D eigenvalue weighted by Gasteiger charge is -2.38. The number of methoxy groups -OCH3 is 1. The summed E-state index contributed by atoms with van der Waals surface area (Å²) < 4.78 is 11.9. The predicted molar refractivity (Wildman–Crippen MR) is 189 cm³/mol. The molecule has 4 aliphatic heterocycles. The van der Waals surface area contributed by atoms with Crippen molar-refractivity contribution in [1.29, 1.82) is 0 Å². The molecule has 0 radical (unpaired) electrons. The number of likely N-dealkylation sites (tertiary alicyclic amines) is 2. The number of ether oxygens (including phenoxy) is 2. The summed E-state index contributed by atoms with van der Waals surface area (Å²) in [4.78, 5) is 46.9. The van der Waals surface area contributed by atoms with Crippen molar-refractivity contribution in [1.82, 2.24) is 15.1 Å². The molecule has 1 aliphatic carbocycles. The third kappa shape index (κ3) is 6.64. The maximum atomic E-state index is 14.5. The van der Waals surface area contributed by atoms with Crippen molar-refractivity contribution < 1.29 is 23.9 Å². The standard InChI is InChI=1S/C40H52N4O5/c1-26-9-7-12-32(27(26)2)42-38(46)36-40-20-17-33(49-40)34(37(45)41-30-13-15-31(48-3)16-14-30)35(40)39(47)44(36)22-8-21-43-23-18-29(19-24-43)25-28-10-5-4-6-11-28/h4-6,10-11,13-17,20,26-27,29,32-36H,7-9,12,18-19,21-25H2,1-3H3,(H,41,45)(H,42,46). The molecule has 1 saturated carbocycles. The maximum absolute atomic E-state index is 14.5. The van der Waals surface area contributed by atoms with Gasteiger partial charge in [0, 0.05) is 18.3 Å². The van der Waals surface area contributed by atoms with Gasteiger partial charge >= 0.3 is 0 Å². The first-order valence-electron chi connectivity index (χ1n) is 18.5. The maximum Gasteiger partial charge on any atom is 0.246 e. The first-order valence-corrected chi connectivity index (χ1v) is 18.5. The molecule has 3 saturated heterocycles. The van der Waals surface area contributed by atoms with Crippen LogP contribution in [0.25, 0.3) is 0 Å². The molecule has 0 aromatic heterocycles. The molecule has 3 amide bonds. The fourth-order valence-corrected chi connectivity index (χ4v) is 9.28. The van der Waals surface area contributed by atoms with Crippen molar-refractivity contribution >= 4 is 23.4 Å². The van der Waals surface area contributed by atoms with Crippen LogP contribution < -0.4 is 15.4 Å². The Balaban J connectivity index is 1.05. The molecule has 7 rings (SSSR count). The van der Waals surface area contributed by atoms with E-state index in [1.807, 2.05) is 12.2 Å². The molecular weight excluding hydrogens is 616 g/mol. The van der Waals surface area contributed by atoms with Crippen LogP contribution in [-0.2, 0) is 25.5 Å². The minimum atomic E-state index is -1.16. The Hall–Kier alpha value is -3.69. The Morgan fingerprint density at radius 3 is 2.45 bits per heavy atom. The van der Waals surface area contributed by atoms with Gasteiger partial charge in [-0.05, 0) is 99.3 Å². The van der Waals surface area contributed by atoms with Crippen LogP contribution in [0.4, 0.5) is 5.69 Å². The summed E-state index contributed by atoms with van der Waals surface area (Å²) in [6, 6.07) is 17.1. The van der Waals surface area contributed by atoms with E-state index in [9.17, 15) is 14.4 Å². The van der Waals surface area contributed by atoms with Crippen LogP contribution in [-0.4, -0.2) is 84.6 Å². The zero-order chi connectivity index (χ0) is 34.1. The van der Waals surface area contributed by atoms with Crippen molar-refractivity contribution in [2.75, 3.05) is 38.6 Å². The fourth-order valence-electron chi connectivity index (χ4n) is 9.28. The highest BCUT2D eigenvalue weighted by Crippen LogP contribution is 2.55. The van der Waals surface area contributed by atoms with Crippen molar-refractivity contribution in [3.8, 4) is 5.75 Å². The fraction of sp³-hybridized carbons (Fsp3) is 0.575. The SMILES string of the molecule is COc1ccc(NC(=O)C2C3C=CC4(O3)C2C(=O)N(CCCN2CCC(Cc3ccccc3)CC2)C4C(=O)NC2CCCC(C)C2C)cc1. The molecule has 4 heterocycles. The first-order chi connectivity index (χ1) is 23.8. The second-order valence-corrected chi connectivity index (χ2v) is 15.2. The van der Waals surface area contributed by atoms with E-state index in [2.05, 4.69) is 59.7 Å². The molecule has 9 heteroatoms. The van der Waals surface area contributed by atoms with Gasteiger partial charge < -0.3 is 29.9 Å². The quantitative estimate of drug-likeness (QED) is 0.325. The van der Waals surface area contributed by atoms with E-state index >= 15 is 0 Å². The summed E-state index contributed by atoms with van der Waals surface area (Å²) in [6.45, 7) is 7.87. The summed E-state index contributed by atoms with van der Waals surface area (Å²) >= 11 is 0. The van der Waals surface area contributed by atoms with E-state index in [0.29, 0.717) is 35.7 Å². The summed E-state index contributed by atoms with van der Waals surface area (Å²) in [5.41, 5.74) is 0.866. The van der Waals surface area contributed by atoms with Crippen molar-refractivity contribution in [2.24, 2.45) is 29.6 Å². The lowest BCUT2D eigenvalue weighted by atomic mass is 9.73. The Morgan fingerprint density at radius 2 is 1.71 bits per heavy atom. The smallest absolute Gasteiger partial charge is 0.246 e. The number of amides is 3. The molecule has 2 aromatic carbocycles. The second kappa shape index (κ2) is 14.3. The van der Waals surface area contributed by atoms with Gasteiger partial charge in [-0.2, -0.15) is 0 Å². The van der Waals surface area contributed by atoms with E-state index in [1.165, 1.54) is 5.56 Å². The van der Waals surface area contributed by atoms with Crippen LogP contribution >= 0.6 is 0 Å². The Kier molecular flexibility index (Phi) is 9.84. The molecule has 4 fully saturated rings. The predicted octanol–water partition coefficient (Wildman–Crippen LogP) is 5.07. The molecular formula is C40H52N4O5. The lowest BCUT2D eigenvalue weighted by molar-refractivity contribution is -0.141. The number of fused-ring (bicyclic) bond motifs is 1. The summed E-state index contributed by atoms with van der Waals surface area (Å²) in [6.07, 6.45) is 10.6. The number of carbonyl (C=O) groups excluding carboxylic acids is 3. The monoisotopic (exact) mass is 668 g/mol. The topological polar surface area (TPSA) is 100 Å². The zero-order valence-corrected chi connectivity index (χ0v) is 29.2. The summed E-state index contributed by atoms with van der Waals surface area (Å²) in [5, 5.41) is 6.38. The van der Waals surface area contributed by atoms with Gasteiger partial charge in [-0.1, -0.05) is 69.2 Å². The van der Waals surface area contributed by atoms with E-state index in [0.717, 1.165) is 64.6 Å². The number of hydrogen-bond donors (Lipinski definition) is 2. The van der Waals surface area contributed by atoms with Crippen LogP contribution in [0.2, 0.25) is 0 Å². The van der Waals surface area contributed by atoms with Crippen molar-refractivity contribution in [3.05, 3.63) is 72.3 Å². The number of hydrogen-bond acceptors (Lipinski definition) is 6. The van der Waals surface area contributed by atoms with Crippen LogP contribution in [0.5, 0.6) is 5.75 Å². The molecule has 2 bridgehead atoms. The van der Waals surface area contributed by atoms with E-state index in [1.54, 1.807) is 36.3 Å². The Labute approximate surface area is 290 Å². The number of benzene rings is 2. The van der Waals surface area contributed by atoms with Gasteiger partial charge in [-0.25, -0.2) is 0 Å². The molecule has 262 valence electrons. The number of piperidine rings is 1. The number of nitrogens with zero attached hydrogens (tertiary/aromatic N) is 2. The summed E-state index contributed by atoms with van der Waals surface area (Å²) in [7, 11) is 1.60. The van der Waals surface area contributed by atoms with Gasteiger partial charge in [0.2, 0.25) is 17.7 Å². The highest BCUT2D eigenvalue weighted by Gasteiger charge is 2.72. The van der Waals surface area contributed by atoms with Crippen LogP contribution in [0.3, 0.4) is 0 Å². The average Bonchev–Trinajstić information content (AvgIpc) is 3.75. The molecule has 9 nitrogen and oxygen atoms in total. The normalized spacial score (nSPS) is 32.7. The molecule has 2 N–H and O–H groups in total. The van der Waals surface area contributed by atoms with E-state index in [4.69, 9.17) is 9.47 Å². The van der Waals surface area contributed by atoms with E-state index in [-0.39, 0.29) is 23.8 Å². The molecule has 8 atom stereocenters. The Morgan fingerprint density at radius 1 is 0.959 bits per heavy atom. The third-order valence-electron chi connectivity index (χ3n) is 12.3. The van der Waals surface area contributed by atoms with Gasteiger partial charge in [-0.15, -0.1) is 0 Å². The number of rotatable bonds is 11. The highest BCUT2D eigenvalue weighted by molar-refractivity contribution is 6.02. The molecule has 8 unspecified atom stereocenters. The molecule has 5 aliphatic rings. The average molecular weight is 669 g/mol. The number of anilines is 1. The van der Waals surface area contributed by atoms with Gasteiger partial charge in [0.15, 0.2) is 0 Å². The van der Waals surface area contributed by atoms with E-state index < -0.39 is 29.6 Å². The molecule has 2 aromatic rings. The van der Waals surface area contributed by atoms with Gasteiger partial charge in [-0.3, -0.25) is 14.4 Å². The minimum Gasteiger partial charge on any atom is -0.497 e. The molecule has 1 spiro atoms. The highest BCUT2D eigenvalue weighted by atomic mass is 16.5. The zero-order valence-electron chi connectivity index (χ0n) is 29.2. The van der Waals surface area contributed by atoms with Crippen LogP contribution in [0.15, 0.2) is 66.7 Å². The lowest BCUT2D eigenvalue weighted by Crippen LogP contribution is -2.58. The van der Waals surface area contributed by atoms with Crippen molar-refractivity contribution in [2.45, 2.75) is 82.6 Å². The summed E-state index contributed by atoms with van der Waals surface area (Å²) in [5.74, 6) is 0.179. The van der Waals surface area contributed by atoms with Crippen LogP contribution in [0.1, 0.15) is 57.9 Å². The van der Waals surface area contributed by atoms with Gasteiger partial charge in [0.1, 0.15) is 17.4 Å². The largest absolute Gasteiger partial charge is 0.497 e. The Bertz CT molecular complexity index is 1520. The van der Waals surface area contributed by atoms with Crippen LogP contribution in [0, 0.1) is 29.6 Å². The second-order valence-electron chi connectivity index (χ2n) is 15.2. The third-order valence-corrected chi connectivity index (χ3v) is 12.3. The number of carbonyl (C=O) groups is 3.